The number of benzene rings is 2. The summed E-state index contributed by atoms with van der Waals surface area (Å²) in [5.74, 6) is -9.04. The van der Waals surface area contributed by atoms with E-state index in [-0.39, 0.29) is 12.3 Å². The van der Waals surface area contributed by atoms with Crippen LogP contribution in [-0.2, 0) is 51.2 Å². The van der Waals surface area contributed by atoms with E-state index in [1.807, 2.05) is 60.7 Å². The van der Waals surface area contributed by atoms with Crippen molar-refractivity contribution in [1.82, 2.24) is 31.5 Å². The minimum atomic E-state index is -1.78. The van der Waals surface area contributed by atoms with E-state index in [0.29, 0.717) is 12.8 Å². The second-order valence-electron chi connectivity index (χ2n) is 16.9. The molecule has 0 heterocycles. The minimum absolute atomic E-state index is 0.0105. The number of hydrogen-bond acceptors (Lipinski definition) is 8. The normalized spacial score (nSPS) is 14.0. The summed E-state index contributed by atoms with van der Waals surface area (Å²) in [6, 6.07) is 11.8. The molecule has 2 rings (SSSR count). The third-order valence-electron chi connectivity index (χ3n) is 9.47. The van der Waals surface area contributed by atoms with Gasteiger partial charge in [0, 0.05) is 20.0 Å². The summed E-state index contributed by atoms with van der Waals surface area (Å²) in [6.45, 7) is 12.0. The first-order valence-corrected chi connectivity index (χ1v) is 19.7. The lowest BCUT2D eigenvalue weighted by Crippen LogP contribution is -2.61. The minimum Gasteiger partial charge on any atom is -0.481 e. The highest BCUT2D eigenvalue weighted by molar-refractivity contribution is 5.98. The van der Waals surface area contributed by atoms with Gasteiger partial charge in [0.05, 0.1) is 12.8 Å². The predicted octanol–water partition coefficient (Wildman–Crippen LogP) is 2.30. The third kappa shape index (κ3) is 17.3. The summed E-state index contributed by atoms with van der Waals surface area (Å²) in [5.41, 5.74) is 1.34. The van der Waals surface area contributed by atoms with Gasteiger partial charge in [-0.2, -0.15) is 0 Å². The topological polar surface area (TPSA) is 240 Å². The molecule has 0 aliphatic rings. The molecule has 0 unspecified atom stereocenters. The van der Waals surface area contributed by atoms with Crippen LogP contribution in [0.4, 0.5) is 0 Å². The molecule has 0 bridgehead atoms. The Morgan fingerprint density at radius 3 is 1.34 bits per heavy atom. The lowest BCUT2D eigenvalue weighted by atomic mass is 9.88. The summed E-state index contributed by atoms with van der Waals surface area (Å²) in [4.78, 5) is 106. The molecule has 0 radical (unpaired) electrons. The molecule has 0 fully saturated rings. The molecule has 2 aromatic rings. The molecule has 16 nitrogen and oxygen atoms in total. The van der Waals surface area contributed by atoms with Crippen LogP contribution < -0.4 is 26.6 Å². The maximum Gasteiger partial charge on any atom is 0.326 e. The second kappa shape index (κ2) is 23.0. The Balaban J connectivity index is 2.34. The highest BCUT2D eigenvalue weighted by atomic mass is 16.4. The van der Waals surface area contributed by atoms with Crippen LogP contribution >= 0.6 is 0 Å². The van der Waals surface area contributed by atoms with Crippen molar-refractivity contribution >= 4 is 47.4 Å². The highest BCUT2D eigenvalue weighted by Crippen LogP contribution is 2.21. The van der Waals surface area contributed by atoms with Gasteiger partial charge in [-0.25, -0.2) is 4.79 Å². The Kier molecular flexibility index (Phi) is 19.2. The van der Waals surface area contributed by atoms with Gasteiger partial charge in [-0.15, -0.1) is 0 Å². The second-order valence-corrected chi connectivity index (χ2v) is 16.9. The van der Waals surface area contributed by atoms with Crippen molar-refractivity contribution in [1.29, 1.82) is 0 Å². The van der Waals surface area contributed by atoms with Crippen molar-refractivity contribution in [3.63, 3.8) is 0 Å². The molecule has 0 saturated heterocycles. The fourth-order valence-electron chi connectivity index (χ4n) is 6.21. The third-order valence-corrected chi connectivity index (χ3v) is 9.47. The Labute approximate surface area is 346 Å². The van der Waals surface area contributed by atoms with E-state index in [4.69, 9.17) is 0 Å². The number of carbonyl (C=O) groups excluding carboxylic acids is 6. The maximum absolute atomic E-state index is 13.9. The lowest BCUT2D eigenvalue weighted by Gasteiger charge is -2.30. The molecular formula is C43H62N6O10. The summed E-state index contributed by atoms with van der Waals surface area (Å²) in [5, 5.41) is 31.9. The Morgan fingerprint density at radius 1 is 0.559 bits per heavy atom. The van der Waals surface area contributed by atoms with Crippen molar-refractivity contribution in [2.24, 2.45) is 23.2 Å². The molecule has 6 amide bonds. The molecular weight excluding hydrogens is 761 g/mol. The van der Waals surface area contributed by atoms with Crippen molar-refractivity contribution in [2.75, 3.05) is 14.1 Å². The Hall–Kier alpha value is -5.80. The zero-order chi connectivity index (χ0) is 44.6. The van der Waals surface area contributed by atoms with Crippen LogP contribution in [0, 0.1) is 23.2 Å². The van der Waals surface area contributed by atoms with E-state index >= 15 is 0 Å². The largest absolute Gasteiger partial charge is 0.481 e. The van der Waals surface area contributed by atoms with Crippen molar-refractivity contribution in [3.05, 3.63) is 71.8 Å². The van der Waals surface area contributed by atoms with Gasteiger partial charge in [0.1, 0.15) is 30.2 Å². The molecule has 2 aromatic carbocycles. The number of hydrogen-bond donors (Lipinski definition) is 7. The quantitative estimate of drug-likeness (QED) is 0.0915. The number of nitrogens with zero attached hydrogens (tertiary/aromatic N) is 1. The fraction of sp³-hybridized carbons (Fsp3) is 0.535. The molecule has 59 heavy (non-hydrogen) atoms. The number of carbonyl (C=O) groups is 8. The van der Waals surface area contributed by atoms with Gasteiger partial charge in [0.25, 0.3) is 0 Å². The van der Waals surface area contributed by atoms with E-state index < -0.39 is 108 Å². The number of nitrogens with one attached hydrogen (secondary N) is 5. The highest BCUT2D eigenvalue weighted by Gasteiger charge is 2.37. The van der Waals surface area contributed by atoms with E-state index in [0.717, 1.165) is 16.0 Å². The number of carboxylic acids is 2. The summed E-state index contributed by atoms with van der Waals surface area (Å²) >= 11 is 0. The first-order valence-electron chi connectivity index (χ1n) is 19.7. The van der Waals surface area contributed by atoms with Crippen LogP contribution in [0.1, 0.15) is 78.9 Å². The van der Waals surface area contributed by atoms with Gasteiger partial charge in [-0.1, -0.05) is 109 Å². The molecule has 7 N–H and O–H groups in total. The maximum atomic E-state index is 13.9. The SMILES string of the molecule is CC(C)[C@H](NC(=O)C(Cc1ccccc1)Cc1ccccc1)C(=O)N[C@H](C(=O)N[C@@H](CC(=O)N(C)C)C(=O)N[C@@H](CC(=O)O)C(=O)N[C@@H](CC(C)(C)C)C(=O)O)C(C)C. The molecule has 16 heteroatoms. The monoisotopic (exact) mass is 822 g/mol. The van der Waals surface area contributed by atoms with Crippen molar-refractivity contribution in [2.45, 2.75) is 111 Å². The Bertz CT molecular complexity index is 1720. The molecule has 324 valence electrons. The van der Waals surface area contributed by atoms with Gasteiger partial charge in [-0.05, 0) is 47.6 Å². The fourth-order valence-corrected chi connectivity index (χ4v) is 6.21. The van der Waals surface area contributed by atoms with E-state index in [1.54, 1.807) is 48.5 Å². The van der Waals surface area contributed by atoms with Crippen molar-refractivity contribution in [3.8, 4) is 0 Å². The first-order chi connectivity index (χ1) is 27.5. The molecule has 0 aromatic heterocycles. The number of aliphatic carboxylic acids is 2. The first kappa shape index (κ1) is 49.3. The van der Waals surface area contributed by atoms with Gasteiger partial charge in [0.2, 0.25) is 35.4 Å². The summed E-state index contributed by atoms with van der Waals surface area (Å²) in [6.07, 6.45) is -0.741. The lowest BCUT2D eigenvalue weighted by molar-refractivity contribution is -0.144. The molecule has 0 saturated carbocycles. The van der Waals surface area contributed by atoms with Crippen LogP contribution in [0.2, 0.25) is 0 Å². The van der Waals surface area contributed by atoms with Crippen LogP contribution in [0.3, 0.4) is 0 Å². The molecule has 0 spiro atoms. The zero-order valence-electron chi connectivity index (χ0n) is 35.5. The van der Waals surface area contributed by atoms with Crippen LogP contribution in [0.5, 0.6) is 0 Å². The summed E-state index contributed by atoms with van der Waals surface area (Å²) < 4.78 is 0. The molecule has 0 aliphatic heterocycles. The molecule has 0 aliphatic carbocycles. The number of carboxylic acid groups (broad SMARTS) is 2. The van der Waals surface area contributed by atoms with Gasteiger partial charge < -0.3 is 41.7 Å². The van der Waals surface area contributed by atoms with Crippen molar-refractivity contribution < 1.29 is 48.6 Å². The van der Waals surface area contributed by atoms with E-state index in [2.05, 4.69) is 26.6 Å². The summed E-state index contributed by atoms with van der Waals surface area (Å²) in [7, 11) is 2.84. The molecule has 5 atom stereocenters. The zero-order valence-corrected chi connectivity index (χ0v) is 35.5. The predicted molar refractivity (Wildman–Crippen MR) is 220 cm³/mol. The smallest absolute Gasteiger partial charge is 0.326 e. The van der Waals surface area contributed by atoms with Crippen LogP contribution in [-0.4, -0.2) is 107 Å². The van der Waals surface area contributed by atoms with Gasteiger partial charge >= 0.3 is 11.9 Å². The van der Waals surface area contributed by atoms with Crippen LogP contribution in [0.25, 0.3) is 0 Å². The average molecular weight is 823 g/mol. The Morgan fingerprint density at radius 2 is 0.949 bits per heavy atom. The van der Waals surface area contributed by atoms with E-state index in [9.17, 15) is 48.6 Å². The van der Waals surface area contributed by atoms with E-state index in [1.165, 1.54) is 14.1 Å². The van der Waals surface area contributed by atoms with Gasteiger partial charge in [-0.3, -0.25) is 33.6 Å². The number of amides is 6. The van der Waals surface area contributed by atoms with Crippen LogP contribution in [0.15, 0.2) is 60.7 Å². The number of rotatable bonds is 22. The standard InChI is InChI=1S/C43H62N6O10/c1-25(2)35(48-41(57)36(26(3)4)47-37(53)29(20-27-16-12-10-13-17-27)21-28-18-14-11-15-19-28)40(56)45-30(22-33(50)49(8)9)38(54)44-31(23-34(51)52)39(55)46-32(42(58)59)24-43(5,6)7/h10-19,25-26,29-32,35-36H,20-24H2,1-9H3,(H,44,54)(H,45,56)(H,46,55)(H,47,53)(H,48,57)(H,51,52)(H,58,59)/t30-,31-,32-,35-,36-/m0/s1. The van der Waals surface area contributed by atoms with Gasteiger partial charge in [0.15, 0.2) is 0 Å². The average Bonchev–Trinajstić information content (AvgIpc) is 3.14.